The van der Waals surface area contributed by atoms with Gasteiger partial charge in [-0.15, -0.1) is 0 Å². The molecule has 2 heteroatoms. The van der Waals surface area contributed by atoms with E-state index in [1.807, 2.05) is 0 Å². The molecule has 80 valence electrons. The van der Waals surface area contributed by atoms with Gasteiger partial charge in [-0.1, -0.05) is 35.9 Å². The van der Waals surface area contributed by atoms with Gasteiger partial charge < -0.3 is 11.1 Å². The Bertz CT molecular complexity index is 369. The van der Waals surface area contributed by atoms with Crippen molar-refractivity contribution in [1.82, 2.24) is 5.32 Å². The Hall–Kier alpha value is -1.12. The molecule has 1 unspecified atom stereocenters. The number of hydrogen-bond donors (Lipinski definition) is 2. The molecule has 1 heterocycles. The van der Waals surface area contributed by atoms with Gasteiger partial charge in [-0.05, 0) is 24.5 Å². The molecule has 3 N–H and O–H groups in total. The average Bonchev–Trinajstić information content (AvgIpc) is 2.22. The molecule has 1 aliphatic heterocycles. The molecule has 2 rings (SSSR count). The molecule has 1 atom stereocenters. The summed E-state index contributed by atoms with van der Waals surface area (Å²) in [6.45, 7) is 4.03. The van der Waals surface area contributed by atoms with Crippen molar-refractivity contribution < 1.29 is 0 Å². The molecule has 15 heavy (non-hydrogen) atoms. The van der Waals surface area contributed by atoms with Crippen LogP contribution in [0.2, 0.25) is 0 Å². The number of benzene rings is 1. The van der Waals surface area contributed by atoms with Crippen LogP contribution in [0.15, 0.2) is 35.9 Å². The second kappa shape index (κ2) is 4.60. The van der Waals surface area contributed by atoms with Crippen LogP contribution in [0.1, 0.15) is 11.1 Å². The van der Waals surface area contributed by atoms with Crippen LogP contribution in [-0.4, -0.2) is 19.1 Å². The third kappa shape index (κ3) is 2.67. The highest BCUT2D eigenvalue weighted by Gasteiger charge is 2.09. The molecule has 0 aromatic heterocycles. The first-order chi connectivity index (χ1) is 7.25. The molecular weight excluding hydrogens is 184 g/mol. The Labute approximate surface area is 91.2 Å². The van der Waals surface area contributed by atoms with Crippen LogP contribution >= 0.6 is 0 Å². The summed E-state index contributed by atoms with van der Waals surface area (Å²) in [6.07, 6.45) is 3.22. The van der Waals surface area contributed by atoms with E-state index in [4.69, 9.17) is 5.73 Å². The summed E-state index contributed by atoms with van der Waals surface area (Å²) in [7, 11) is 0. The molecule has 2 nitrogen and oxygen atoms in total. The van der Waals surface area contributed by atoms with Gasteiger partial charge in [0.05, 0.1) is 0 Å². The summed E-state index contributed by atoms with van der Waals surface area (Å²) in [5, 5.41) is 3.33. The van der Waals surface area contributed by atoms with Crippen LogP contribution in [0, 0.1) is 6.92 Å². The van der Waals surface area contributed by atoms with Crippen molar-refractivity contribution in [2.45, 2.75) is 19.4 Å². The maximum absolute atomic E-state index is 5.88. The summed E-state index contributed by atoms with van der Waals surface area (Å²) in [6, 6.07) is 8.71. The van der Waals surface area contributed by atoms with Crippen LogP contribution < -0.4 is 11.1 Å². The van der Waals surface area contributed by atoms with E-state index in [9.17, 15) is 0 Å². The van der Waals surface area contributed by atoms with Gasteiger partial charge in [-0.25, -0.2) is 0 Å². The highest BCUT2D eigenvalue weighted by molar-refractivity contribution is 5.31. The summed E-state index contributed by atoms with van der Waals surface area (Å²) < 4.78 is 0. The van der Waals surface area contributed by atoms with E-state index in [0.29, 0.717) is 0 Å². The lowest BCUT2D eigenvalue weighted by molar-refractivity contribution is 0.627. The molecule has 0 fully saturated rings. The van der Waals surface area contributed by atoms with Gasteiger partial charge in [0, 0.05) is 19.1 Å². The predicted molar refractivity (Wildman–Crippen MR) is 63.8 cm³/mol. The molecule has 1 aliphatic rings. The van der Waals surface area contributed by atoms with Crippen molar-refractivity contribution in [1.29, 1.82) is 0 Å². The van der Waals surface area contributed by atoms with Crippen molar-refractivity contribution in [3.63, 3.8) is 0 Å². The highest BCUT2D eigenvalue weighted by Crippen LogP contribution is 2.14. The van der Waals surface area contributed by atoms with Crippen molar-refractivity contribution >= 4 is 0 Å². The molecule has 0 bridgehead atoms. The van der Waals surface area contributed by atoms with Crippen molar-refractivity contribution in [2.75, 3.05) is 13.1 Å². The fourth-order valence-corrected chi connectivity index (χ4v) is 1.99. The lowest BCUT2D eigenvalue weighted by atomic mass is 9.97. The summed E-state index contributed by atoms with van der Waals surface area (Å²) >= 11 is 0. The zero-order chi connectivity index (χ0) is 10.7. The average molecular weight is 202 g/mol. The maximum Gasteiger partial charge on any atom is 0.0354 e. The van der Waals surface area contributed by atoms with Crippen LogP contribution in [0.4, 0.5) is 0 Å². The standard InChI is InChI=1S/C13H18N2/c1-10-4-2-3-5-12(10)6-11-7-13(14)9-15-8-11/h2-5,7,13,15H,6,8-9,14H2,1H3. The predicted octanol–water partition coefficient (Wildman–Crippen LogP) is 1.39. The van der Waals surface area contributed by atoms with E-state index in [1.54, 1.807) is 0 Å². The van der Waals surface area contributed by atoms with E-state index >= 15 is 0 Å². The Morgan fingerprint density at radius 3 is 2.93 bits per heavy atom. The Morgan fingerprint density at radius 1 is 1.40 bits per heavy atom. The smallest absolute Gasteiger partial charge is 0.0354 e. The lowest BCUT2D eigenvalue weighted by Gasteiger charge is -2.19. The number of aryl methyl sites for hydroxylation is 1. The van der Waals surface area contributed by atoms with Gasteiger partial charge in [-0.2, -0.15) is 0 Å². The number of hydrogen-bond acceptors (Lipinski definition) is 2. The molecule has 0 saturated heterocycles. The quantitative estimate of drug-likeness (QED) is 0.711. The van der Waals surface area contributed by atoms with E-state index in [-0.39, 0.29) is 6.04 Å². The number of rotatable bonds is 2. The zero-order valence-corrected chi connectivity index (χ0v) is 9.16. The van der Waals surface area contributed by atoms with Gasteiger partial charge in [0.1, 0.15) is 0 Å². The zero-order valence-electron chi connectivity index (χ0n) is 9.16. The van der Waals surface area contributed by atoms with Crippen molar-refractivity contribution in [3.05, 3.63) is 47.0 Å². The fraction of sp³-hybridized carbons (Fsp3) is 0.385. The summed E-state index contributed by atoms with van der Waals surface area (Å²) in [5.41, 5.74) is 10.0. The summed E-state index contributed by atoms with van der Waals surface area (Å²) in [4.78, 5) is 0. The van der Waals surface area contributed by atoms with Crippen LogP contribution in [0.5, 0.6) is 0 Å². The van der Waals surface area contributed by atoms with Gasteiger partial charge >= 0.3 is 0 Å². The van der Waals surface area contributed by atoms with Crippen LogP contribution in [-0.2, 0) is 6.42 Å². The second-order valence-electron chi connectivity index (χ2n) is 4.22. The minimum atomic E-state index is 0.178. The van der Waals surface area contributed by atoms with Crippen molar-refractivity contribution in [2.24, 2.45) is 5.73 Å². The van der Waals surface area contributed by atoms with Gasteiger partial charge in [0.25, 0.3) is 0 Å². The highest BCUT2D eigenvalue weighted by atomic mass is 14.9. The van der Waals surface area contributed by atoms with Crippen LogP contribution in [0.3, 0.4) is 0 Å². The molecule has 1 aromatic rings. The van der Waals surface area contributed by atoms with Crippen molar-refractivity contribution in [3.8, 4) is 0 Å². The number of nitrogens with two attached hydrogens (primary N) is 1. The third-order valence-electron chi connectivity index (χ3n) is 2.86. The molecular formula is C13H18N2. The Morgan fingerprint density at radius 2 is 2.20 bits per heavy atom. The molecule has 0 spiro atoms. The lowest BCUT2D eigenvalue weighted by Crippen LogP contribution is -2.38. The van der Waals surface area contributed by atoms with Crippen LogP contribution in [0.25, 0.3) is 0 Å². The maximum atomic E-state index is 5.88. The molecule has 0 radical (unpaired) electrons. The first kappa shape index (κ1) is 10.4. The van der Waals surface area contributed by atoms with Gasteiger partial charge in [0.2, 0.25) is 0 Å². The first-order valence-electron chi connectivity index (χ1n) is 5.46. The minimum Gasteiger partial charge on any atom is -0.323 e. The minimum absolute atomic E-state index is 0.178. The normalized spacial score (nSPS) is 21.2. The second-order valence-corrected chi connectivity index (χ2v) is 4.22. The van der Waals surface area contributed by atoms with E-state index in [2.05, 4.69) is 42.6 Å². The molecule has 0 saturated carbocycles. The molecule has 0 aliphatic carbocycles. The first-order valence-corrected chi connectivity index (χ1v) is 5.46. The SMILES string of the molecule is Cc1ccccc1CC1=CC(N)CNC1. The van der Waals surface area contributed by atoms with Gasteiger partial charge in [-0.3, -0.25) is 0 Å². The van der Waals surface area contributed by atoms with E-state index < -0.39 is 0 Å². The fourth-order valence-electron chi connectivity index (χ4n) is 1.99. The summed E-state index contributed by atoms with van der Waals surface area (Å²) in [5.74, 6) is 0. The molecule has 0 amide bonds. The van der Waals surface area contributed by atoms with Gasteiger partial charge in [0.15, 0.2) is 0 Å². The third-order valence-corrected chi connectivity index (χ3v) is 2.86. The Kier molecular flexibility index (Phi) is 3.19. The Balaban J connectivity index is 2.12. The molecule has 1 aromatic carbocycles. The largest absolute Gasteiger partial charge is 0.323 e. The monoisotopic (exact) mass is 202 g/mol. The van der Waals surface area contributed by atoms with E-state index in [0.717, 1.165) is 19.5 Å². The topological polar surface area (TPSA) is 38.0 Å². The number of nitrogens with one attached hydrogen (secondary N) is 1. The van der Waals surface area contributed by atoms with E-state index in [1.165, 1.54) is 16.7 Å².